The van der Waals surface area contributed by atoms with E-state index in [0.29, 0.717) is 5.56 Å². The van der Waals surface area contributed by atoms with Gasteiger partial charge in [-0.25, -0.2) is 9.67 Å². The second-order valence-electron chi connectivity index (χ2n) is 6.05. The molecule has 0 radical (unpaired) electrons. The van der Waals surface area contributed by atoms with Crippen molar-refractivity contribution in [2.24, 2.45) is 0 Å². The number of hydrogen-bond acceptors (Lipinski definition) is 3. The minimum atomic E-state index is 0.102. The highest BCUT2D eigenvalue weighted by atomic mass is 16.2. The van der Waals surface area contributed by atoms with E-state index in [-0.39, 0.29) is 11.8 Å². The predicted molar refractivity (Wildman–Crippen MR) is 85.2 cm³/mol. The summed E-state index contributed by atoms with van der Waals surface area (Å²) in [5.74, 6) is 1.06. The second kappa shape index (κ2) is 6.30. The van der Waals surface area contributed by atoms with Crippen molar-refractivity contribution in [2.45, 2.75) is 39.0 Å². The molecule has 0 bridgehead atoms. The van der Waals surface area contributed by atoms with E-state index in [1.165, 1.54) is 6.42 Å². The van der Waals surface area contributed by atoms with Crippen molar-refractivity contribution in [2.75, 3.05) is 13.1 Å². The number of amides is 1. The highest BCUT2D eigenvalue weighted by Crippen LogP contribution is 2.24. The first-order valence-electron chi connectivity index (χ1n) is 7.97. The number of nitrogens with zero attached hydrogens (tertiary/aromatic N) is 4. The molecule has 3 rings (SSSR count). The van der Waals surface area contributed by atoms with Crippen LogP contribution in [-0.2, 0) is 0 Å². The Morgan fingerprint density at radius 3 is 2.59 bits per heavy atom. The fourth-order valence-corrected chi connectivity index (χ4v) is 3.01. The van der Waals surface area contributed by atoms with Crippen LogP contribution in [0.3, 0.4) is 0 Å². The number of rotatable bonds is 3. The molecule has 0 saturated carbocycles. The summed E-state index contributed by atoms with van der Waals surface area (Å²) in [6.45, 7) is 5.88. The van der Waals surface area contributed by atoms with Crippen molar-refractivity contribution >= 4 is 5.91 Å². The molecule has 1 fully saturated rings. The van der Waals surface area contributed by atoms with E-state index in [2.05, 4.69) is 23.9 Å². The summed E-state index contributed by atoms with van der Waals surface area (Å²) in [4.78, 5) is 19.1. The summed E-state index contributed by atoms with van der Waals surface area (Å²) in [6, 6.07) is 5.72. The number of likely N-dealkylation sites (tertiary alicyclic amines) is 1. The molecule has 2 aromatic rings. The third kappa shape index (κ3) is 2.75. The lowest BCUT2D eigenvalue weighted by atomic mass is 10.0. The Bertz CT molecular complexity index is 642. The van der Waals surface area contributed by atoms with Crippen LogP contribution in [-0.4, -0.2) is 38.7 Å². The number of hydrogen-bond donors (Lipinski definition) is 0. The average molecular weight is 298 g/mol. The van der Waals surface area contributed by atoms with Crippen LogP contribution in [0, 0.1) is 0 Å². The van der Waals surface area contributed by atoms with Crippen LogP contribution < -0.4 is 0 Å². The molecule has 2 aromatic heterocycles. The lowest BCUT2D eigenvalue weighted by Crippen LogP contribution is -2.36. The minimum Gasteiger partial charge on any atom is -0.339 e. The molecule has 0 aliphatic carbocycles. The van der Waals surface area contributed by atoms with Gasteiger partial charge >= 0.3 is 0 Å². The van der Waals surface area contributed by atoms with Gasteiger partial charge in [0.1, 0.15) is 0 Å². The number of carbonyl (C=O) groups is 1. The van der Waals surface area contributed by atoms with Crippen LogP contribution in [0.15, 0.2) is 30.6 Å². The molecule has 0 atom stereocenters. The Hall–Kier alpha value is -2.17. The normalized spacial score (nSPS) is 15.3. The first-order chi connectivity index (χ1) is 10.7. The molecule has 0 N–H and O–H groups in total. The van der Waals surface area contributed by atoms with Crippen LogP contribution in [0.4, 0.5) is 0 Å². The van der Waals surface area contributed by atoms with Crippen LogP contribution in [0.25, 0.3) is 5.82 Å². The quantitative estimate of drug-likeness (QED) is 0.875. The standard InChI is InChI=1S/C17H22N4O/c1-13(2)16-14(17(22)20-10-6-3-7-11-20)12-19-21(16)15-8-4-5-9-18-15/h4-5,8-9,12-13H,3,6-7,10-11H2,1-2H3. The lowest BCUT2D eigenvalue weighted by Gasteiger charge is -2.27. The Kier molecular flexibility index (Phi) is 4.22. The van der Waals surface area contributed by atoms with Crippen molar-refractivity contribution < 1.29 is 4.79 Å². The zero-order valence-electron chi connectivity index (χ0n) is 13.2. The van der Waals surface area contributed by atoms with E-state index in [0.717, 1.165) is 37.4 Å². The summed E-state index contributed by atoms with van der Waals surface area (Å²) in [7, 11) is 0. The third-order valence-electron chi connectivity index (χ3n) is 4.09. The molecule has 5 heteroatoms. The maximum Gasteiger partial charge on any atom is 0.257 e. The number of aromatic nitrogens is 3. The molecule has 1 saturated heterocycles. The topological polar surface area (TPSA) is 51.0 Å². The van der Waals surface area contributed by atoms with Gasteiger partial charge in [0.2, 0.25) is 0 Å². The fourth-order valence-electron chi connectivity index (χ4n) is 3.01. The molecule has 116 valence electrons. The summed E-state index contributed by atoms with van der Waals surface area (Å²) in [5.41, 5.74) is 1.65. The van der Waals surface area contributed by atoms with E-state index in [1.807, 2.05) is 23.1 Å². The molecule has 1 amide bonds. The first-order valence-corrected chi connectivity index (χ1v) is 7.97. The summed E-state index contributed by atoms with van der Waals surface area (Å²) < 4.78 is 1.79. The molecular formula is C17H22N4O. The van der Waals surface area contributed by atoms with Crippen LogP contribution >= 0.6 is 0 Å². The van der Waals surface area contributed by atoms with Crippen molar-refractivity contribution in [1.29, 1.82) is 0 Å². The van der Waals surface area contributed by atoms with E-state index in [1.54, 1.807) is 17.1 Å². The summed E-state index contributed by atoms with van der Waals surface area (Å²) in [5, 5.41) is 4.43. The first kappa shape index (κ1) is 14.8. The van der Waals surface area contributed by atoms with E-state index >= 15 is 0 Å². The largest absolute Gasteiger partial charge is 0.339 e. The fraction of sp³-hybridized carbons (Fsp3) is 0.471. The third-order valence-corrected chi connectivity index (χ3v) is 4.09. The van der Waals surface area contributed by atoms with Gasteiger partial charge in [0.05, 0.1) is 17.5 Å². The van der Waals surface area contributed by atoms with Gasteiger partial charge in [0, 0.05) is 19.3 Å². The van der Waals surface area contributed by atoms with Gasteiger partial charge in [-0.2, -0.15) is 5.10 Å². The Labute approximate surface area is 131 Å². The van der Waals surface area contributed by atoms with Crippen molar-refractivity contribution in [3.05, 3.63) is 41.9 Å². The minimum absolute atomic E-state index is 0.102. The molecule has 22 heavy (non-hydrogen) atoms. The van der Waals surface area contributed by atoms with E-state index in [4.69, 9.17) is 0 Å². The lowest BCUT2D eigenvalue weighted by molar-refractivity contribution is 0.0722. The average Bonchev–Trinajstić information content (AvgIpc) is 3.01. The smallest absolute Gasteiger partial charge is 0.257 e. The molecule has 3 heterocycles. The van der Waals surface area contributed by atoms with Gasteiger partial charge in [-0.3, -0.25) is 4.79 Å². The highest BCUT2D eigenvalue weighted by molar-refractivity contribution is 5.95. The van der Waals surface area contributed by atoms with Gasteiger partial charge in [0.15, 0.2) is 5.82 Å². The van der Waals surface area contributed by atoms with Crippen LogP contribution in [0.5, 0.6) is 0 Å². The zero-order chi connectivity index (χ0) is 15.5. The van der Waals surface area contributed by atoms with Gasteiger partial charge in [-0.15, -0.1) is 0 Å². The molecule has 1 aliphatic heterocycles. The Morgan fingerprint density at radius 2 is 1.95 bits per heavy atom. The maximum atomic E-state index is 12.8. The number of pyridine rings is 1. The summed E-state index contributed by atoms with van der Waals surface area (Å²) >= 11 is 0. The van der Waals surface area contributed by atoms with Gasteiger partial charge in [-0.05, 0) is 37.3 Å². The summed E-state index contributed by atoms with van der Waals surface area (Å²) in [6.07, 6.45) is 6.84. The van der Waals surface area contributed by atoms with Gasteiger partial charge in [-0.1, -0.05) is 19.9 Å². The van der Waals surface area contributed by atoms with Crippen LogP contribution in [0.1, 0.15) is 55.1 Å². The van der Waals surface area contributed by atoms with Crippen LogP contribution in [0.2, 0.25) is 0 Å². The van der Waals surface area contributed by atoms with E-state index < -0.39 is 0 Å². The predicted octanol–water partition coefficient (Wildman–Crippen LogP) is 3.02. The van der Waals surface area contributed by atoms with Crippen molar-refractivity contribution in [1.82, 2.24) is 19.7 Å². The molecule has 1 aliphatic rings. The maximum absolute atomic E-state index is 12.8. The second-order valence-corrected chi connectivity index (χ2v) is 6.05. The van der Waals surface area contributed by atoms with Crippen molar-refractivity contribution in [3.63, 3.8) is 0 Å². The monoisotopic (exact) mass is 298 g/mol. The SMILES string of the molecule is CC(C)c1c(C(=O)N2CCCCC2)cnn1-c1ccccn1. The highest BCUT2D eigenvalue weighted by Gasteiger charge is 2.25. The zero-order valence-corrected chi connectivity index (χ0v) is 13.2. The van der Waals surface area contributed by atoms with Gasteiger partial charge < -0.3 is 4.90 Å². The molecule has 5 nitrogen and oxygen atoms in total. The number of carbonyl (C=O) groups excluding carboxylic acids is 1. The van der Waals surface area contributed by atoms with Gasteiger partial charge in [0.25, 0.3) is 5.91 Å². The Morgan fingerprint density at radius 1 is 1.18 bits per heavy atom. The molecular weight excluding hydrogens is 276 g/mol. The number of piperidine rings is 1. The van der Waals surface area contributed by atoms with Crippen molar-refractivity contribution in [3.8, 4) is 5.82 Å². The molecule has 0 spiro atoms. The van der Waals surface area contributed by atoms with E-state index in [9.17, 15) is 4.79 Å². The Balaban J connectivity index is 1.98. The molecule has 0 aromatic carbocycles. The molecule has 0 unspecified atom stereocenters.